The van der Waals surface area contributed by atoms with Crippen molar-refractivity contribution in [2.24, 2.45) is 0 Å². The third-order valence-corrected chi connectivity index (χ3v) is 2.27. The second kappa shape index (κ2) is 4.67. The van der Waals surface area contributed by atoms with E-state index in [1.165, 1.54) is 17.5 Å². The van der Waals surface area contributed by atoms with Crippen LogP contribution in [0, 0.1) is 11.3 Å². The molecule has 0 fully saturated rings. The Kier molecular flexibility index (Phi) is 3.52. The largest absolute Gasteiger partial charge is 0.192 e. The van der Waals surface area contributed by atoms with Crippen molar-refractivity contribution in [3.63, 3.8) is 0 Å². The standard InChI is InChI=1S/C10H9N.C2H6/c11-7-9-5-1-3-8-4-2-6-10(8)9;1-2/h1,3,5H,2,4,6H2;1-2H3. The van der Waals surface area contributed by atoms with E-state index in [9.17, 15) is 0 Å². The molecule has 1 aliphatic rings. The smallest absolute Gasteiger partial charge is 0.0994 e. The molecular weight excluding hydrogens is 158 g/mol. The number of nitriles is 1. The summed E-state index contributed by atoms with van der Waals surface area (Å²) >= 11 is 0. The first-order chi connectivity index (χ1) is 6.42. The molecule has 1 aliphatic carbocycles. The lowest BCUT2D eigenvalue weighted by atomic mass is 10.0. The summed E-state index contributed by atoms with van der Waals surface area (Å²) in [5.74, 6) is 0. The lowest BCUT2D eigenvalue weighted by Crippen LogP contribution is -1.86. The summed E-state index contributed by atoms with van der Waals surface area (Å²) in [5, 5.41) is 8.75. The lowest BCUT2D eigenvalue weighted by Gasteiger charge is -1.98. The van der Waals surface area contributed by atoms with E-state index in [0.717, 1.165) is 18.4 Å². The van der Waals surface area contributed by atoms with E-state index < -0.39 is 0 Å². The first-order valence-corrected chi connectivity index (χ1v) is 4.92. The fourth-order valence-electron chi connectivity index (χ4n) is 1.72. The van der Waals surface area contributed by atoms with E-state index in [2.05, 4.69) is 12.1 Å². The van der Waals surface area contributed by atoms with Gasteiger partial charge in [0.2, 0.25) is 0 Å². The molecule has 1 aromatic carbocycles. The minimum absolute atomic E-state index is 0.875. The Labute approximate surface area is 80.0 Å². The van der Waals surface area contributed by atoms with Crippen LogP contribution in [0.5, 0.6) is 0 Å². The Bertz CT molecular complexity index is 320. The van der Waals surface area contributed by atoms with Gasteiger partial charge < -0.3 is 0 Å². The molecule has 0 atom stereocenters. The summed E-state index contributed by atoms with van der Waals surface area (Å²) in [7, 11) is 0. The molecule has 0 aliphatic heterocycles. The van der Waals surface area contributed by atoms with Gasteiger partial charge in [-0.1, -0.05) is 26.0 Å². The maximum Gasteiger partial charge on any atom is 0.0994 e. The fourth-order valence-corrected chi connectivity index (χ4v) is 1.72. The molecule has 0 amide bonds. The molecule has 0 unspecified atom stereocenters. The predicted molar refractivity (Wildman–Crippen MR) is 54.5 cm³/mol. The van der Waals surface area contributed by atoms with E-state index in [1.807, 2.05) is 26.0 Å². The van der Waals surface area contributed by atoms with Crippen LogP contribution in [0.1, 0.15) is 37.0 Å². The minimum Gasteiger partial charge on any atom is -0.192 e. The van der Waals surface area contributed by atoms with Gasteiger partial charge in [0.05, 0.1) is 11.6 Å². The van der Waals surface area contributed by atoms with Crippen molar-refractivity contribution in [2.45, 2.75) is 33.1 Å². The highest BCUT2D eigenvalue weighted by Gasteiger charge is 2.13. The van der Waals surface area contributed by atoms with Crippen LogP contribution in [0.3, 0.4) is 0 Å². The van der Waals surface area contributed by atoms with Crippen LogP contribution >= 0.6 is 0 Å². The monoisotopic (exact) mass is 173 g/mol. The molecule has 0 aromatic heterocycles. The Hall–Kier alpha value is -1.29. The van der Waals surface area contributed by atoms with Gasteiger partial charge in [-0.2, -0.15) is 5.26 Å². The highest BCUT2D eigenvalue weighted by atomic mass is 14.3. The average Bonchev–Trinajstić information content (AvgIpc) is 2.68. The summed E-state index contributed by atoms with van der Waals surface area (Å²) in [5.41, 5.74) is 3.54. The normalized spacial score (nSPS) is 12.4. The number of rotatable bonds is 0. The van der Waals surface area contributed by atoms with Crippen LogP contribution in [0.2, 0.25) is 0 Å². The van der Waals surface area contributed by atoms with Crippen LogP contribution in [0.25, 0.3) is 0 Å². The van der Waals surface area contributed by atoms with Gasteiger partial charge in [0.25, 0.3) is 0 Å². The Balaban J connectivity index is 0.000000396. The first-order valence-electron chi connectivity index (χ1n) is 4.92. The topological polar surface area (TPSA) is 23.8 Å². The van der Waals surface area contributed by atoms with Crippen molar-refractivity contribution < 1.29 is 0 Å². The number of fused-ring (bicyclic) bond motifs is 1. The van der Waals surface area contributed by atoms with Gasteiger partial charge in [-0.15, -0.1) is 0 Å². The molecule has 1 nitrogen and oxygen atoms in total. The molecule has 0 bridgehead atoms. The quantitative estimate of drug-likeness (QED) is 0.591. The second-order valence-electron chi connectivity index (χ2n) is 2.91. The molecule has 0 heterocycles. The molecule has 0 saturated carbocycles. The number of nitrogens with zero attached hydrogens (tertiary/aromatic N) is 1. The summed E-state index contributed by atoms with van der Waals surface area (Å²) < 4.78 is 0. The fraction of sp³-hybridized carbons (Fsp3) is 0.417. The lowest BCUT2D eigenvalue weighted by molar-refractivity contribution is 0.911. The molecule has 68 valence electrons. The summed E-state index contributed by atoms with van der Waals surface area (Å²) in [6.45, 7) is 4.00. The van der Waals surface area contributed by atoms with Crippen LogP contribution in [0.4, 0.5) is 0 Å². The second-order valence-corrected chi connectivity index (χ2v) is 2.91. The third kappa shape index (κ3) is 1.89. The molecule has 13 heavy (non-hydrogen) atoms. The minimum atomic E-state index is 0.875. The highest BCUT2D eigenvalue weighted by Crippen LogP contribution is 2.24. The summed E-state index contributed by atoms with van der Waals surface area (Å²) in [6.07, 6.45) is 3.47. The van der Waals surface area contributed by atoms with Gasteiger partial charge in [-0.3, -0.25) is 0 Å². The number of aryl methyl sites for hydroxylation is 1. The van der Waals surface area contributed by atoms with Crippen LogP contribution in [0.15, 0.2) is 18.2 Å². The van der Waals surface area contributed by atoms with Crippen molar-refractivity contribution in [3.8, 4) is 6.07 Å². The van der Waals surface area contributed by atoms with Crippen molar-refractivity contribution in [3.05, 3.63) is 34.9 Å². The molecular formula is C12H15N. The van der Waals surface area contributed by atoms with Gasteiger partial charge in [0.15, 0.2) is 0 Å². The number of hydrogen-bond donors (Lipinski definition) is 0. The van der Waals surface area contributed by atoms with E-state index in [4.69, 9.17) is 5.26 Å². The predicted octanol–water partition coefficient (Wildman–Crippen LogP) is 3.07. The number of hydrogen-bond acceptors (Lipinski definition) is 1. The molecule has 0 radical (unpaired) electrons. The SMILES string of the molecule is CC.N#Cc1cccc2c1CCC2. The summed E-state index contributed by atoms with van der Waals surface area (Å²) in [6, 6.07) is 8.24. The van der Waals surface area contributed by atoms with E-state index in [1.54, 1.807) is 0 Å². The maximum absolute atomic E-state index is 8.75. The van der Waals surface area contributed by atoms with Gasteiger partial charge in [-0.05, 0) is 36.5 Å². The zero-order valence-corrected chi connectivity index (χ0v) is 8.30. The van der Waals surface area contributed by atoms with E-state index in [0.29, 0.717) is 0 Å². The van der Waals surface area contributed by atoms with Crippen molar-refractivity contribution >= 4 is 0 Å². The zero-order valence-electron chi connectivity index (χ0n) is 8.30. The molecule has 0 spiro atoms. The van der Waals surface area contributed by atoms with Crippen molar-refractivity contribution in [1.82, 2.24) is 0 Å². The van der Waals surface area contributed by atoms with E-state index >= 15 is 0 Å². The van der Waals surface area contributed by atoms with Crippen LogP contribution in [-0.4, -0.2) is 0 Å². The molecule has 0 saturated heterocycles. The molecule has 2 rings (SSSR count). The zero-order chi connectivity index (χ0) is 9.68. The van der Waals surface area contributed by atoms with E-state index in [-0.39, 0.29) is 0 Å². The first kappa shape index (κ1) is 9.80. The van der Waals surface area contributed by atoms with Crippen LogP contribution in [-0.2, 0) is 12.8 Å². The van der Waals surface area contributed by atoms with Crippen molar-refractivity contribution in [1.29, 1.82) is 5.26 Å². The van der Waals surface area contributed by atoms with Crippen molar-refractivity contribution in [2.75, 3.05) is 0 Å². The van der Waals surface area contributed by atoms with Crippen LogP contribution < -0.4 is 0 Å². The Morgan fingerprint density at radius 1 is 1.23 bits per heavy atom. The Morgan fingerprint density at radius 2 is 2.00 bits per heavy atom. The average molecular weight is 173 g/mol. The van der Waals surface area contributed by atoms with Gasteiger partial charge in [0, 0.05) is 0 Å². The van der Waals surface area contributed by atoms with Gasteiger partial charge in [0.1, 0.15) is 0 Å². The molecule has 0 N–H and O–H groups in total. The summed E-state index contributed by atoms with van der Waals surface area (Å²) in [4.78, 5) is 0. The van der Waals surface area contributed by atoms with Gasteiger partial charge >= 0.3 is 0 Å². The number of benzene rings is 1. The molecule has 1 aromatic rings. The molecule has 1 heteroatoms. The Morgan fingerprint density at radius 3 is 2.69 bits per heavy atom. The third-order valence-electron chi connectivity index (χ3n) is 2.27. The van der Waals surface area contributed by atoms with Gasteiger partial charge in [-0.25, -0.2) is 0 Å². The maximum atomic E-state index is 8.75. The highest BCUT2D eigenvalue weighted by molar-refractivity contribution is 5.44.